The van der Waals surface area contributed by atoms with Crippen LogP contribution < -0.4 is 4.74 Å². The molecule has 25 heavy (non-hydrogen) atoms. The first-order valence-electron chi connectivity index (χ1n) is 7.67. The average Bonchev–Trinajstić information content (AvgIpc) is 2.95. The quantitative estimate of drug-likeness (QED) is 0.490. The smallest absolute Gasteiger partial charge is 0.316 e. The van der Waals surface area contributed by atoms with Crippen LogP contribution in [0.2, 0.25) is 0 Å². The van der Waals surface area contributed by atoms with Gasteiger partial charge >= 0.3 is 5.97 Å². The van der Waals surface area contributed by atoms with E-state index in [9.17, 15) is 14.7 Å². The zero-order valence-corrected chi connectivity index (χ0v) is 15.5. The third-order valence-electron chi connectivity index (χ3n) is 3.26. The first-order chi connectivity index (χ1) is 11.6. The minimum atomic E-state index is -0.720. The molecule has 0 bridgehead atoms. The van der Waals surface area contributed by atoms with Crippen LogP contribution in [0.25, 0.3) is 0 Å². The maximum absolute atomic E-state index is 12.2. The molecule has 0 unspecified atom stereocenters. The number of phenolic OH excluding ortho intramolecular Hbond substituents is 1. The van der Waals surface area contributed by atoms with Gasteiger partial charge in [0.15, 0.2) is 5.78 Å². The molecular weight excluding hydrogens is 344 g/mol. The normalized spacial score (nSPS) is 11.4. The molecule has 0 fully saturated rings. The van der Waals surface area contributed by atoms with Crippen molar-refractivity contribution in [1.29, 1.82) is 0 Å². The zero-order chi connectivity index (χ0) is 18.8. The molecule has 0 saturated heterocycles. The van der Waals surface area contributed by atoms with Crippen LogP contribution in [0.15, 0.2) is 22.2 Å². The monoisotopic (exact) mass is 364 g/mol. The van der Waals surface area contributed by atoms with Crippen LogP contribution in [0.5, 0.6) is 11.5 Å². The van der Waals surface area contributed by atoms with Crippen LogP contribution in [-0.2, 0) is 11.3 Å². The summed E-state index contributed by atoms with van der Waals surface area (Å²) in [6.45, 7) is 8.97. The molecule has 0 amide bonds. The Morgan fingerprint density at radius 2 is 2.00 bits per heavy atom. The van der Waals surface area contributed by atoms with Crippen molar-refractivity contribution in [2.45, 2.75) is 51.2 Å². The van der Waals surface area contributed by atoms with Crippen molar-refractivity contribution in [1.82, 2.24) is 20.2 Å². The lowest BCUT2D eigenvalue weighted by atomic mass is 9.97. The third kappa shape index (κ3) is 4.36. The summed E-state index contributed by atoms with van der Waals surface area (Å²) in [5.74, 6) is -0.857. The number of phenols is 1. The Hall–Kier alpha value is -2.42. The highest BCUT2D eigenvalue weighted by atomic mass is 32.2. The predicted molar refractivity (Wildman–Crippen MR) is 90.8 cm³/mol. The molecule has 9 heteroatoms. The van der Waals surface area contributed by atoms with E-state index in [1.807, 2.05) is 6.92 Å². The van der Waals surface area contributed by atoms with Gasteiger partial charge in [0.1, 0.15) is 11.5 Å². The maximum atomic E-state index is 12.2. The highest BCUT2D eigenvalue weighted by Gasteiger charge is 2.26. The lowest BCUT2D eigenvalue weighted by Gasteiger charge is -2.18. The number of rotatable bonds is 5. The van der Waals surface area contributed by atoms with Gasteiger partial charge in [-0.1, -0.05) is 0 Å². The van der Waals surface area contributed by atoms with E-state index in [1.165, 1.54) is 19.1 Å². The number of hydrogen-bond acceptors (Lipinski definition) is 8. The van der Waals surface area contributed by atoms with Gasteiger partial charge in [-0.2, -0.15) is 0 Å². The van der Waals surface area contributed by atoms with Gasteiger partial charge in [0, 0.05) is 12.6 Å². The first-order valence-corrected chi connectivity index (χ1v) is 8.49. The van der Waals surface area contributed by atoms with E-state index >= 15 is 0 Å². The summed E-state index contributed by atoms with van der Waals surface area (Å²) in [5, 5.41) is 21.9. The molecule has 1 aromatic heterocycles. The molecule has 0 atom stereocenters. The molecule has 0 aliphatic rings. The number of benzene rings is 1. The van der Waals surface area contributed by atoms with Crippen LogP contribution in [0.4, 0.5) is 0 Å². The average molecular weight is 364 g/mol. The molecule has 2 rings (SSSR count). The van der Waals surface area contributed by atoms with E-state index in [4.69, 9.17) is 4.74 Å². The second kappa shape index (κ2) is 7.22. The molecule has 1 N–H and O–H groups in total. The molecule has 1 heterocycles. The number of carbonyl (C=O) groups is 2. The van der Waals surface area contributed by atoms with E-state index in [0.717, 1.165) is 11.8 Å². The number of hydrogen-bond donors (Lipinski definition) is 1. The number of ketones is 1. The third-order valence-corrected chi connectivity index (χ3v) is 4.27. The minimum Gasteiger partial charge on any atom is -0.507 e. The molecule has 2 aromatic rings. The summed E-state index contributed by atoms with van der Waals surface area (Å²) in [6.07, 6.45) is 0. The van der Waals surface area contributed by atoms with Gasteiger partial charge < -0.3 is 9.84 Å². The van der Waals surface area contributed by atoms with Gasteiger partial charge in [-0.25, -0.2) is 4.68 Å². The van der Waals surface area contributed by atoms with Crippen LogP contribution in [0, 0.1) is 5.41 Å². The fourth-order valence-corrected chi connectivity index (χ4v) is 2.73. The summed E-state index contributed by atoms with van der Waals surface area (Å²) in [7, 11) is 0. The number of esters is 1. The van der Waals surface area contributed by atoms with E-state index < -0.39 is 11.4 Å². The Bertz CT molecular complexity index is 811. The fraction of sp³-hybridized carbons (Fsp3) is 0.438. The lowest BCUT2D eigenvalue weighted by molar-refractivity contribution is -0.143. The first kappa shape index (κ1) is 18.9. The number of tetrazole rings is 1. The van der Waals surface area contributed by atoms with Crippen LogP contribution in [0.1, 0.15) is 45.0 Å². The van der Waals surface area contributed by atoms with Crippen molar-refractivity contribution < 1.29 is 19.4 Å². The number of nitrogens with zero attached hydrogens (tertiary/aromatic N) is 4. The number of ether oxygens (including phenoxy) is 1. The van der Waals surface area contributed by atoms with Gasteiger partial charge in [0.25, 0.3) is 0 Å². The molecule has 0 aliphatic heterocycles. The molecule has 0 spiro atoms. The van der Waals surface area contributed by atoms with Crippen LogP contribution >= 0.6 is 11.8 Å². The predicted octanol–water partition coefficient (Wildman–Crippen LogP) is 2.70. The van der Waals surface area contributed by atoms with E-state index in [2.05, 4.69) is 15.5 Å². The molecule has 0 aliphatic carbocycles. The second-order valence-electron chi connectivity index (χ2n) is 6.39. The fourth-order valence-electron chi connectivity index (χ4n) is 1.81. The van der Waals surface area contributed by atoms with Crippen molar-refractivity contribution in [3.63, 3.8) is 0 Å². The SMILES string of the molecule is CCn1nnnc1Sc1cc(C(C)=O)c(O)cc1OC(=O)C(C)(C)C. The maximum Gasteiger partial charge on any atom is 0.316 e. The van der Waals surface area contributed by atoms with Gasteiger partial charge in [-0.3, -0.25) is 9.59 Å². The summed E-state index contributed by atoms with van der Waals surface area (Å²) >= 11 is 1.15. The Morgan fingerprint density at radius 1 is 1.32 bits per heavy atom. The molecule has 0 saturated carbocycles. The van der Waals surface area contributed by atoms with Crippen molar-refractivity contribution in [3.05, 3.63) is 17.7 Å². The molecular formula is C16H20N4O4S. The largest absolute Gasteiger partial charge is 0.507 e. The van der Waals surface area contributed by atoms with Gasteiger partial charge in [0.05, 0.1) is 15.9 Å². The molecule has 134 valence electrons. The molecule has 1 aromatic carbocycles. The minimum absolute atomic E-state index is 0.133. The standard InChI is InChI=1S/C16H20N4O4S/c1-6-20-15(17-18-19-20)25-13-7-10(9(2)21)11(22)8-12(13)24-14(23)16(3,4)5/h7-8,22H,6H2,1-5H3. The Morgan fingerprint density at radius 3 is 2.56 bits per heavy atom. The topological polar surface area (TPSA) is 107 Å². The highest BCUT2D eigenvalue weighted by Crippen LogP contribution is 2.39. The van der Waals surface area contributed by atoms with Crippen molar-refractivity contribution in [2.75, 3.05) is 0 Å². The van der Waals surface area contributed by atoms with Gasteiger partial charge in [-0.15, -0.1) is 5.10 Å². The summed E-state index contributed by atoms with van der Waals surface area (Å²) in [4.78, 5) is 24.4. The van der Waals surface area contributed by atoms with E-state index in [0.29, 0.717) is 16.6 Å². The highest BCUT2D eigenvalue weighted by molar-refractivity contribution is 7.99. The number of Topliss-reactive ketones (excluding diaryl/α,β-unsaturated/α-hetero) is 1. The summed E-state index contributed by atoms with van der Waals surface area (Å²) < 4.78 is 7.01. The van der Waals surface area contributed by atoms with Crippen molar-refractivity contribution >= 4 is 23.5 Å². The molecule has 8 nitrogen and oxygen atoms in total. The van der Waals surface area contributed by atoms with Gasteiger partial charge in [0.2, 0.25) is 5.16 Å². The van der Waals surface area contributed by atoms with Crippen LogP contribution in [0.3, 0.4) is 0 Å². The number of carbonyl (C=O) groups excluding carboxylic acids is 2. The van der Waals surface area contributed by atoms with E-state index in [1.54, 1.807) is 25.5 Å². The van der Waals surface area contributed by atoms with Crippen molar-refractivity contribution in [3.8, 4) is 11.5 Å². The second-order valence-corrected chi connectivity index (χ2v) is 7.40. The summed E-state index contributed by atoms with van der Waals surface area (Å²) in [5.41, 5.74) is -0.587. The summed E-state index contributed by atoms with van der Waals surface area (Å²) in [6, 6.07) is 2.74. The Kier molecular flexibility index (Phi) is 5.46. The number of aryl methyl sites for hydroxylation is 1. The number of aromatic hydroxyl groups is 1. The lowest BCUT2D eigenvalue weighted by Crippen LogP contribution is -2.25. The Labute approximate surface area is 149 Å². The molecule has 0 radical (unpaired) electrons. The van der Waals surface area contributed by atoms with Crippen LogP contribution in [-0.4, -0.2) is 37.1 Å². The van der Waals surface area contributed by atoms with Crippen molar-refractivity contribution in [2.24, 2.45) is 5.41 Å². The van der Waals surface area contributed by atoms with E-state index in [-0.39, 0.29) is 22.8 Å². The Balaban J connectivity index is 2.48. The zero-order valence-electron chi connectivity index (χ0n) is 14.7. The van der Waals surface area contributed by atoms with Gasteiger partial charge in [-0.05, 0) is 62.9 Å². The number of aromatic nitrogens is 4.